The molecule has 0 radical (unpaired) electrons. The first kappa shape index (κ1) is 13.7. The fraction of sp³-hybridized carbons (Fsp3) is 0.600. The molecule has 4 atom stereocenters. The van der Waals surface area contributed by atoms with Gasteiger partial charge in [0.25, 0.3) is 5.91 Å². The first-order valence-corrected chi connectivity index (χ1v) is 7.64. The van der Waals surface area contributed by atoms with E-state index in [-0.39, 0.29) is 17.8 Å². The van der Waals surface area contributed by atoms with Crippen molar-refractivity contribution in [1.82, 2.24) is 10.3 Å². The summed E-state index contributed by atoms with van der Waals surface area (Å²) in [6.07, 6.45) is 6.78. The van der Waals surface area contributed by atoms with E-state index in [0.29, 0.717) is 16.5 Å². The zero-order valence-corrected chi connectivity index (χ0v) is 12.4. The molecule has 4 nitrogen and oxygen atoms in total. The summed E-state index contributed by atoms with van der Waals surface area (Å²) in [7, 11) is 0. The lowest BCUT2D eigenvalue weighted by Gasteiger charge is -2.28. The van der Waals surface area contributed by atoms with E-state index >= 15 is 0 Å². The summed E-state index contributed by atoms with van der Waals surface area (Å²) in [5, 5.41) is 3.42. The van der Waals surface area contributed by atoms with Gasteiger partial charge < -0.3 is 11.1 Å². The van der Waals surface area contributed by atoms with Crippen LogP contribution in [0.25, 0.3) is 0 Å². The number of nitrogens with two attached hydrogens (primary N) is 1. The van der Waals surface area contributed by atoms with Crippen molar-refractivity contribution in [3.05, 3.63) is 22.8 Å². The maximum atomic E-state index is 12.2. The van der Waals surface area contributed by atoms with Gasteiger partial charge in [-0.1, -0.05) is 18.0 Å². The lowest BCUT2D eigenvalue weighted by atomic mass is 9.84. The highest BCUT2D eigenvalue weighted by Gasteiger charge is 2.42. The highest BCUT2D eigenvalue weighted by Crippen LogP contribution is 2.49. The summed E-state index contributed by atoms with van der Waals surface area (Å²) >= 11 is 5.91. The molecule has 5 heteroatoms. The van der Waals surface area contributed by atoms with E-state index in [1.165, 1.54) is 31.9 Å². The number of halogens is 1. The van der Waals surface area contributed by atoms with E-state index in [9.17, 15) is 4.79 Å². The van der Waals surface area contributed by atoms with Crippen LogP contribution in [0.1, 0.15) is 43.0 Å². The molecular formula is C15H20ClN3O. The average Bonchev–Trinajstić information content (AvgIpc) is 3.04. The smallest absolute Gasteiger partial charge is 0.253 e. The quantitative estimate of drug-likeness (QED) is 0.900. The van der Waals surface area contributed by atoms with Crippen molar-refractivity contribution in [2.24, 2.45) is 17.8 Å². The monoisotopic (exact) mass is 293 g/mol. The lowest BCUT2D eigenvalue weighted by molar-refractivity contribution is 0.0915. The van der Waals surface area contributed by atoms with E-state index in [0.717, 1.165) is 11.8 Å². The van der Waals surface area contributed by atoms with Crippen LogP contribution in [0.4, 0.5) is 5.82 Å². The van der Waals surface area contributed by atoms with Crippen molar-refractivity contribution < 1.29 is 4.79 Å². The maximum absolute atomic E-state index is 12.2. The zero-order valence-electron chi connectivity index (χ0n) is 11.6. The molecule has 1 aromatic rings. The summed E-state index contributed by atoms with van der Waals surface area (Å²) in [6.45, 7) is 2.11. The maximum Gasteiger partial charge on any atom is 0.253 e. The second-order valence-electron chi connectivity index (χ2n) is 6.19. The highest BCUT2D eigenvalue weighted by atomic mass is 35.5. The first-order valence-electron chi connectivity index (χ1n) is 7.26. The summed E-state index contributed by atoms with van der Waals surface area (Å²) < 4.78 is 0. The van der Waals surface area contributed by atoms with Gasteiger partial charge >= 0.3 is 0 Å². The van der Waals surface area contributed by atoms with Crippen LogP contribution in [-0.4, -0.2) is 16.9 Å². The Bertz CT molecular complexity index is 534. The molecule has 1 aromatic heterocycles. The van der Waals surface area contributed by atoms with Gasteiger partial charge in [-0.15, -0.1) is 0 Å². The number of aromatic nitrogens is 1. The minimum Gasteiger partial charge on any atom is -0.382 e. The van der Waals surface area contributed by atoms with Gasteiger partial charge in [-0.3, -0.25) is 4.79 Å². The molecule has 0 aliphatic heterocycles. The molecule has 3 N–H and O–H groups in total. The number of hydrogen-bond acceptors (Lipinski definition) is 3. The van der Waals surface area contributed by atoms with Crippen molar-refractivity contribution in [3.8, 4) is 0 Å². The Morgan fingerprint density at radius 1 is 1.50 bits per heavy atom. The molecule has 1 amide bonds. The Hall–Kier alpha value is -1.29. The first-order chi connectivity index (χ1) is 9.54. The number of rotatable bonds is 3. The fourth-order valence-electron chi connectivity index (χ4n) is 3.88. The molecule has 108 valence electrons. The van der Waals surface area contributed by atoms with Gasteiger partial charge in [-0.2, -0.15) is 0 Å². The molecule has 0 saturated heterocycles. The number of pyridine rings is 1. The van der Waals surface area contributed by atoms with E-state index in [1.807, 2.05) is 0 Å². The van der Waals surface area contributed by atoms with Gasteiger partial charge in [0.2, 0.25) is 0 Å². The van der Waals surface area contributed by atoms with Crippen LogP contribution in [0.3, 0.4) is 0 Å². The van der Waals surface area contributed by atoms with Crippen LogP contribution in [-0.2, 0) is 0 Å². The van der Waals surface area contributed by atoms with Crippen molar-refractivity contribution in [2.75, 3.05) is 5.73 Å². The van der Waals surface area contributed by atoms with Crippen molar-refractivity contribution in [1.29, 1.82) is 0 Å². The van der Waals surface area contributed by atoms with E-state index < -0.39 is 0 Å². The third-order valence-electron chi connectivity index (χ3n) is 4.93. The molecule has 4 unspecified atom stereocenters. The van der Waals surface area contributed by atoms with Crippen molar-refractivity contribution in [2.45, 2.75) is 38.6 Å². The van der Waals surface area contributed by atoms with Crippen LogP contribution in [0.5, 0.6) is 0 Å². The van der Waals surface area contributed by atoms with Gasteiger partial charge in [0.1, 0.15) is 5.82 Å². The fourth-order valence-corrected chi connectivity index (χ4v) is 4.04. The number of carbonyl (C=O) groups is 1. The standard InChI is InChI=1S/C15H20ClN3O/c1-8(12-5-9-2-3-10(12)4-9)19-15(20)11-6-13(16)14(17)18-7-11/h6-10,12H,2-5H2,1H3,(H2,17,18)(H,19,20). The second kappa shape index (κ2) is 5.24. The molecule has 3 rings (SSSR count). The molecule has 0 aromatic carbocycles. The molecule has 2 aliphatic carbocycles. The van der Waals surface area contributed by atoms with Gasteiger partial charge in [-0.25, -0.2) is 4.98 Å². The number of fused-ring (bicyclic) bond motifs is 2. The van der Waals surface area contributed by atoms with Crippen LogP contribution < -0.4 is 11.1 Å². The Morgan fingerprint density at radius 2 is 2.30 bits per heavy atom. The second-order valence-corrected chi connectivity index (χ2v) is 6.60. The average molecular weight is 294 g/mol. The van der Waals surface area contributed by atoms with Gasteiger partial charge in [0.15, 0.2) is 0 Å². The molecule has 2 aliphatic rings. The number of anilines is 1. The van der Waals surface area contributed by atoms with Gasteiger partial charge in [0.05, 0.1) is 10.6 Å². The number of nitrogen functional groups attached to an aromatic ring is 1. The third-order valence-corrected chi connectivity index (χ3v) is 5.23. The van der Waals surface area contributed by atoms with Crippen molar-refractivity contribution in [3.63, 3.8) is 0 Å². The van der Waals surface area contributed by atoms with Crippen molar-refractivity contribution >= 4 is 23.3 Å². The van der Waals surface area contributed by atoms with Gasteiger partial charge in [0, 0.05) is 12.2 Å². The molecule has 2 bridgehead atoms. The molecule has 20 heavy (non-hydrogen) atoms. The number of nitrogens with one attached hydrogen (secondary N) is 1. The largest absolute Gasteiger partial charge is 0.382 e. The van der Waals surface area contributed by atoms with Crippen LogP contribution in [0, 0.1) is 17.8 Å². The highest BCUT2D eigenvalue weighted by molar-refractivity contribution is 6.33. The Kier molecular flexibility index (Phi) is 3.59. The number of amides is 1. The van der Waals surface area contributed by atoms with Gasteiger partial charge in [-0.05, 0) is 50.0 Å². The minimum atomic E-state index is -0.116. The predicted molar refractivity (Wildman–Crippen MR) is 79.5 cm³/mol. The topological polar surface area (TPSA) is 68.0 Å². The Labute approximate surface area is 124 Å². The van der Waals surface area contributed by atoms with Crippen LogP contribution in [0.15, 0.2) is 12.3 Å². The Morgan fingerprint density at radius 3 is 2.90 bits per heavy atom. The Balaban J connectivity index is 1.65. The summed E-state index contributed by atoms with van der Waals surface area (Å²) in [5.74, 6) is 2.44. The molecule has 1 heterocycles. The third kappa shape index (κ3) is 2.49. The summed E-state index contributed by atoms with van der Waals surface area (Å²) in [6, 6.07) is 1.78. The molecule has 2 fully saturated rings. The minimum absolute atomic E-state index is 0.116. The zero-order chi connectivity index (χ0) is 14.3. The van der Waals surface area contributed by atoms with Crippen LogP contribution in [0.2, 0.25) is 5.02 Å². The normalized spacial score (nSPS) is 29.4. The number of hydrogen-bond donors (Lipinski definition) is 2. The number of nitrogens with zero attached hydrogens (tertiary/aromatic N) is 1. The molecule has 0 spiro atoms. The van der Waals surface area contributed by atoms with E-state index in [2.05, 4.69) is 17.2 Å². The van der Waals surface area contributed by atoms with E-state index in [1.54, 1.807) is 6.07 Å². The van der Waals surface area contributed by atoms with E-state index in [4.69, 9.17) is 17.3 Å². The summed E-state index contributed by atoms with van der Waals surface area (Å²) in [4.78, 5) is 16.2. The predicted octanol–water partition coefficient (Wildman–Crippen LogP) is 2.87. The molecule has 2 saturated carbocycles. The summed E-state index contributed by atoms with van der Waals surface area (Å²) in [5.41, 5.74) is 6.03. The molecular weight excluding hydrogens is 274 g/mol. The SMILES string of the molecule is CC(NC(=O)c1cnc(N)c(Cl)c1)C1CC2CCC1C2. The van der Waals surface area contributed by atoms with Crippen LogP contribution >= 0.6 is 11.6 Å². The number of carbonyl (C=O) groups excluding carboxylic acids is 1. The lowest BCUT2D eigenvalue weighted by Crippen LogP contribution is -2.40.